The van der Waals surface area contributed by atoms with Crippen LogP contribution in [0.25, 0.3) is 0 Å². The van der Waals surface area contributed by atoms with E-state index < -0.39 is 0 Å². The van der Waals surface area contributed by atoms with Gasteiger partial charge in [-0.2, -0.15) is 5.26 Å². The van der Waals surface area contributed by atoms with Gasteiger partial charge in [0, 0.05) is 18.1 Å². The van der Waals surface area contributed by atoms with Gasteiger partial charge in [-0.05, 0) is 13.8 Å². The predicted octanol–water partition coefficient (Wildman–Crippen LogP) is 1.86. The standard InChI is InChI=1S/C9H9NO2/c1-9(2)4-6-3-7(5-10)11-8(6)12-9/h3H,4H2,1-2H3. The highest BCUT2D eigenvalue weighted by atomic mass is 16.6. The van der Waals surface area contributed by atoms with Crippen molar-refractivity contribution in [3.63, 3.8) is 0 Å². The van der Waals surface area contributed by atoms with Crippen molar-refractivity contribution in [2.24, 2.45) is 0 Å². The summed E-state index contributed by atoms with van der Waals surface area (Å²) in [6.07, 6.45) is 0.813. The molecule has 0 aromatic carbocycles. The molecule has 0 radical (unpaired) electrons. The summed E-state index contributed by atoms with van der Waals surface area (Å²) in [6, 6.07) is 3.68. The van der Waals surface area contributed by atoms with Crippen molar-refractivity contribution >= 4 is 0 Å². The molecule has 0 atom stereocenters. The van der Waals surface area contributed by atoms with Gasteiger partial charge in [-0.1, -0.05) is 0 Å². The van der Waals surface area contributed by atoms with Crippen LogP contribution in [0.1, 0.15) is 25.2 Å². The first-order valence-corrected chi connectivity index (χ1v) is 3.82. The van der Waals surface area contributed by atoms with Crippen LogP contribution in [0.2, 0.25) is 0 Å². The summed E-state index contributed by atoms with van der Waals surface area (Å²) in [4.78, 5) is 0. The van der Waals surface area contributed by atoms with Crippen molar-refractivity contribution in [3.05, 3.63) is 17.4 Å². The normalized spacial score (nSPS) is 18.1. The largest absolute Gasteiger partial charge is 0.459 e. The zero-order valence-corrected chi connectivity index (χ0v) is 7.05. The SMILES string of the molecule is CC1(C)Cc2cc(C#N)oc2O1. The van der Waals surface area contributed by atoms with Gasteiger partial charge in [0.05, 0.1) is 0 Å². The third-order valence-corrected chi connectivity index (χ3v) is 1.87. The molecule has 0 aliphatic carbocycles. The van der Waals surface area contributed by atoms with Gasteiger partial charge in [0.2, 0.25) is 5.76 Å². The van der Waals surface area contributed by atoms with E-state index in [1.165, 1.54) is 0 Å². The highest BCUT2D eigenvalue weighted by molar-refractivity contribution is 5.36. The Morgan fingerprint density at radius 3 is 2.92 bits per heavy atom. The van der Waals surface area contributed by atoms with E-state index in [2.05, 4.69) is 0 Å². The molecule has 1 aliphatic heterocycles. The smallest absolute Gasteiger partial charge is 0.289 e. The van der Waals surface area contributed by atoms with E-state index in [0.717, 1.165) is 12.0 Å². The van der Waals surface area contributed by atoms with Crippen LogP contribution in [-0.2, 0) is 6.42 Å². The molecule has 3 heteroatoms. The zero-order chi connectivity index (χ0) is 8.77. The van der Waals surface area contributed by atoms with Gasteiger partial charge in [-0.15, -0.1) is 0 Å². The third kappa shape index (κ3) is 0.964. The molecule has 0 unspecified atom stereocenters. The Labute approximate surface area is 70.6 Å². The Morgan fingerprint density at radius 1 is 1.58 bits per heavy atom. The maximum Gasteiger partial charge on any atom is 0.289 e. The molecular weight excluding hydrogens is 154 g/mol. The molecule has 1 aliphatic rings. The number of nitrogens with zero attached hydrogens (tertiary/aromatic N) is 1. The monoisotopic (exact) mass is 163 g/mol. The average Bonchev–Trinajstić information content (AvgIpc) is 2.40. The van der Waals surface area contributed by atoms with Crippen LogP contribution in [0.5, 0.6) is 5.95 Å². The van der Waals surface area contributed by atoms with Crippen molar-refractivity contribution < 1.29 is 9.15 Å². The second-order valence-corrected chi connectivity index (χ2v) is 3.57. The lowest BCUT2D eigenvalue weighted by atomic mass is 10.0. The van der Waals surface area contributed by atoms with Gasteiger partial charge in [0.1, 0.15) is 11.7 Å². The summed E-state index contributed by atoms with van der Waals surface area (Å²) in [5.74, 6) is 0.840. The Morgan fingerprint density at radius 2 is 2.33 bits per heavy atom. The van der Waals surface area contributed by atoms with Crippen LogP contribution < -0.4 is 4.74 Å². The number of hydrogen-bond donors (Lipinski definition) is 0. The molecule has 12 heavy (non-hydrogen) atoms. The quantitative estimate of drug-likeness (QED) is 0.586. The van der Waals surface area contributed by atoms with Gasteiger partial charge in [-0.3, -0.25) is 0 Å². The van der Waals surface area contributed by atoms with Crippen LogP contribution in [0.4, 0.5) is 0 Å². The predicted molar refractivity (Wildman–Crippen MR) is 41.8 cm³/mol. The van der Waals surface area contributed by atoms with Crippen molar-refractivity contribution in [3.8, 4) is 12.0 Å². The van der Waals surface area contributed by atoms with E-state index in [1.807, 2.05) is 19.9 Å². The van der Waals surface area contributed by atoms with Crippen molar-refractivity contribution in [2.75, 3.05) is 0 Å². The fourth-order valence-corrected chi connectivity index (χ4v) is 1.42. The molecule has 2 heterocycles. The van der Waals surface area contributed by atoms with Gasteiger partial charge >= 0.3 is 0 Å². The number of ether oxygens (including phenoxy) is 1. The number of nitriles is 1. The molecule has 1 aromatic rings. The van der Waals surface area contributed by atoms with Gasteiger partial charge in [-0.25, -0.2) is 0 Å². The second kappa shape index (κ2) is 2.04. The van der Waals surface area contributed by atoms with Crippen LogP contribution in [0.15, 0.2) is 10.5 Å². The van der Waals surface area contributed by atoms with Gasteiger partial charge in [0.15, 0.2) is 0 Å². The molecule has 0 saturated heterocycles. The summed E-state index contributed by atoms with van der Waals surface area (Å²) in [7, 11) is 0. The van der Waals surface area contributed by atoms with E-state index >= 15 is 0 Å². The molecule has 2 rings (SSSR count). The molecule has 0 spiro atoms. The minimum atomic E-state index is -0.178. The summed E-state index contributed by atoms with van der Waals surface area (Å²) < 4.78 is 10.6. The molecule has 3 nitrogen and oxygen atoms in total. The first-order valence-electron chi connectivity index (χ1n) is 3.82. The molecule has 0 bridgehead atoms. The van der Waals surface area contributed by atoms with Crippen LogP contribution >= 0.6 is 0 Å². The summed E-state index contributed by atoms with van der Waals surface area (Å²) in [5, 5.41) is 8.53. The Balaban J connectivity index is 2.37. The molecule has 0 saturated carbocycles. The molecule has 62 valence electrons. The molecule has 0 N–H and O–H groups in total. The van der Waals surface area contributed by atoms with E-state index in [0.29, 0.717) is 11.7 Å². The first kappa shape index (κ1) is 7.23. The minimum absolute atomic E-state index is 0.178. The summed E-state index contributed by atoms with van der Waals surface area (Å²) >= 11 is 0. The first-order chi connectivity index (χ1) is 5.61. The third-order valence-electron chi connectivity index (χ3n) is 1.87. The lowest BCUT2D eigenvalue weighted by molar-refractivity contribution is 0.105. The van der Waals surface area contributed by atoms with Crippen LogP contribution in [0.3, 0.4) is 0 Å². The number of hydrogen-bond acceptors (Lipinski definition) is 3. The fraction of sp³-hybridized carbons (Fsp3) is 0.444. The number of fused-ring (bicyclic) bond motifs is 1. The van der Waals surface area contributed by atoms with Crippen LogP contribution in [0, 0.1) is 11.3 Å². The fourth-order valence-electron chi connectivity index (χ4n) is 1.42. The maximum absolute atomic E-state index is 8.53. The zero-order valence-electron chi connectivity index (χ0n) is 7.05. The van der Waals surface area contributed by atoms with Gasteiger partial charge < -0.3 is 9.15 Å². The number of rotatable bonds is 0. The molecule has 1 aromatic heterocycles. The van der Waals surface area contributed by atoms with Crippen molar-refractivity contribution in [1.29, 1.82) is 5.26 Å². The maximum atomic E-state index is 8.53. The Bertz CT molecular complexity index is 332. The summed E-state index contributed by atoms with van der Waals surface area (Å²) in [6.45, 7) is 3.99. The second-order valence-electron chi connectivity index (χ2n) is 3.57. The lowest BCUT2D eigenvalue weighted by Crippen LogP contribution is -2.24. The average molecular weight is 163 g/mol. The molecular formula is C9H9NO2. The Kier molecular flexibility index (Phi) is 1.23. The highest BCUT2D eigenvalue weighted by Crippen LogP contribution is 2.36. The van der Waals surface area contributed by atoms with Crippen molar-refractivity contribution in [2.45, 2.75) is 25.9 Å². The minimum Gasteiger partial charge on any atom is -0.459 e. The van der Waals surface area contributed by atoms with Crippen LogP contribution in [-0.4, -0.2) is 5.60 Å². The van der Waals surface area contributed by atoms with E-state index in [-0.39, 0.29) is 5.60 Å². The van der Waals surface area contributed by atoms with E-state index in [1.54, 1.807) is 6.07 Å². The lowest BCUT2D eigenvalue weighted by Gasteiger charge is -2.15. The Hall–Kier alpha value is -1.43. The van der Waals surface area contributed by atoms with E-state index in [4.69, 9.17) is 14.4 Å². The number of furan rings is 1. The summed E-state index contributed by atoms with van der Waals surface area (Å²) in [5.41, 5.74) is 0.818. The topological polar surface area (TPSA) is 46.2 Å². The molecule has 0 amide bonds. The van der Waals surface area contributed by atoms with Crippen molar-refractivity contribution in [1.82, 2.24) is 0 Å². The van der Waals surface area contributed by atoms with Gasteiger partial charge in [0.25, 0.3) is 5.95 Å². The molecule has 0 fully saturated rings. The van der Waals surface area contributed by atoms with E-state index in [9.17, 15) is 0 Å². The highest BCUT2D eigenvalue weighted by Gasteiger charge is 2.33.